The second kappa shape index (κ2) is 8.81. The van der Waals surface area contributed by atoms with E-state index in [1.54, 1.807) is 9.21 Å². The minimum atomic E-state index is -3.20. The zero-order valence-corrected chi connectivity index (χ0v) is 16.4. The molecule has 0 bridgehead atoms. The summed E-state index contributed by atoms with van der Waals surface area (Å²) in [4.78, 5) is 14.5. The summed E-state index contributed by atoms with van der Waals surface area (Å²) in [7, 11) is -3.20. The Labute approximate surface area is 152 Å². The first-order valence-corrected chi connectivity index (χ1v) is 10.8. The molecule has 1 heterocycles. The van der Waals surface area contributed by atoms with E-state index in [0.717, 1.165) is 6.42 Å². The molecule has 1 saturated heterocycles. The van der Waals surface area contributed by atoms with Gasteiger partial charge in [-0.15, -0.1) is 0 Å². The number of sulfonamides is 1. The van der Waals surface area contributed by atoms with Gasteiger partial charge in [-0.05, 0) is 36.5 Å². The Morgan fingerprint density at radius 2 is 1.76 bits per heavy atom. The third-order valence-electron chi connectivity index (χ3n) is 4.72. The molecule has 1 fully saturated rings. The summed E-state index contributed by atoms with van der Waals surface area (Å²) in [5, 5.41) is 0. The van der Waals surface area contributed by atoms with Crippen molar-refractivity contribution in [2.45, 2.75) is 46.0 Å². The fourth-order valence-corrected chi connectivity index (χ4v) is 4.70. The molecule has 1 aromatic rings. The van der Waals surface area contributed by atoms with Crippen LogP contribution in [0.1, 0.15) is 61.9 Å². The van der Waals surface area contributed by atoms with Gasteiger partial charge in [0.1, 0.15) is 0 Å². The monoisotopic (exact) mass is 366 g/mol. The van der Waals surface area contributed by atoms with E-state index in [4.69, 9.17) is 0 Å². The SMILES string of the molecule is CCCCS(=O)(=O)N1CCCN(C(=O)c2ccc(C(C)C)cc2)CC1. The summed E-state index contributed by atoms with van der Waals surface area (Å²) in [6.07, 6.45) is 2.23. The lowest BCUT2D eigenvalue weighted by Crippen LogP contribution is -2.38. The number of amides is 1. The van der Waals surface area contributed by atoms with Crippen LogP contribution in [0.2, 0.25) is 0 Å². The van der Waals surface area contributed by atoms with Crippen LogP contribution < -0.4 is 0 Å². The Morgan fingerprint density at radius 3 is 2.36 bits per heavy atom. The van der Waals surface area contributed by atoms with Crippen molar-refractivity contribution in [1.29, 1.82) is 0 Å². The molecule has 0 spiro atoms. The molecular formula is C19H30N2O3S. The fraction of sp³-hybridized carbons (Fsp3) is 0.632. The quantitative estimate of drug-likeness (QED) is 0.777. The van der Waals surface area contributed by atoms with Crippen molar-refractivity contribution in [2.75, 3.05) is 31.9 Å². The Bertz CT molecular complexity index is 668. The molecule has 1 aliphatic heterocycles. The fourth-order valence-electron chi connectivity index (χ4n) is 3.02. The van der Waals surface area contributed by atoms with Crippen LogP contribution in [-0.4, -0.2) is 55.5 Å². The number of nitrogens with zero attached hydrogens (tertiary/aromatic N) is 2. The van der Waals surface area contributed by atoms with E-state index in [1.807, 2.05) is 31.2 Å². The van der Waals surface area contributed by atoms with Crippen molar-refractivity contribution >= 4 is 15.9 Å². The number of unbranched alkanes of at least 4 members (excludes halogenated alkanes) is 1. The highest BCUT2D eigenvalue weighted by Gasteiger charge is 2.26. The molecule has 1 aromatic carbocycles. The van der Waals surface area contributed by atoms with Gasteiger partial charge >= 0.3 is 0 Å². The molecule has 0 saturated carbocycles. The summed E-state index contributed by atoms with van der Waals surface area (Å²) in [5.74, 6) is 0.626. The average molecular weight is 367 g/mol. The number of rotatable bonds is 6. The third-order valence-corrected chi connectivity index (χ3v) is 6.67. The molecular weight excluding hydrogens is 336 g/mol. The van der Waals surface area contributed by atoms with Gasteiger partial charge in [0.05, 0.1) is 5.75 Å². The molecule has 25 heavy (non-hydrogen) atoms. The second-order valence-electron chi connectivity index (χ2n) is 6.99. The van der Waals surface area contributed by atoms with Gasteiger partial charge in [0, 0.05) is 31.7 Å². The van der Waals surface area contributed by atoms with Crippen molar-refractivity contribution < 1.29 is 13.2 Å². The van der Waals surface area contributed by atoms with Gasteiger partial charge in [-0.2, -0.15) is 0 Å². The van der Waals surface area contributed by atoms with E-state index in [1.165, 1.54) is 5.56 Å². The minimum absolute atomic E-state index is 0.0110. The van der Waals surface area contributed by atoms with Crippen LogP contribution in [-0.2, 0) is 10.0 Å². The van der Waals surface area contributed by atoms with Gasteiger partial charge < -0.3 is 4.90 Å². The van der Waals surface area contributed by atoms with Crippen molar-refractivity contribution in [2.24, 2.45) is 0 Å². The van der Waals surface area contributed by atoms with E-state index in [9.17, 15) is 13.2 Å². The zero-order valence-electron chi connectivity index (χ0n) is 15.6. The second-order valence-corrected chi connectivity index (χ2v) is 9.08. The van der Waals surface area contributed by atoms with E-state index in [2.05, 4.69) is 13.8 Å². The summed E-state index contributed by atoms with van der Waals surface area (Å²) in [5.41, 5.74) is 1.88. The summed E-state index contributed by atoms with van der Waals surface area (Å²) in [6.45, 7) is 8.19. The highest BCUT2D eigenvalue weighted by Crippen LogP contribution is 2.17. The highest BCUT2D eigenvalue weighted by atomic mass is 32.2. The molecule has 5 nitrogen and oxygen atoms in total. The maximum atomic E-state index is 12.7. The van der Waals surface area contributed by atoms with Crippen LogP contribution in [0.3, 0.4) is 0 Å². The summed E-state index contributed by atoms with van der Waals surface area (Å²) in [6, 6.07) is 7.74. The highest BCUT2D eigenvalue weighted by molar-refractivity contribution is 7.89. The van der Waals surface area contributed by atoms with Gasteiger partial charge in [0.15, 0.2) is 0 Å². The molecule has 0 aromatic heterocycles. The lowest BCUT2D eigenvalue weighted by Gasteiger charge is -2.22. The van der Waals surface area contributed by atoms with Crippen molar-refractivity contribution in [3.8, 4) is 0 Å². The first kappa shape index (κ1) is 19.9. The molecule has 0 unspecified atom stereocenters. The summed E-state index contributed by atoms with van der Waals surface area (Å²) < 4.78 is 26.3. The largest absolute Gasteiger partial charge is 0.337 e. The molecule has 0 N–H and O–H groups in total. The molecule has 1 amide bonds. The molecule has 2 rings (SSSR count). The number of benzene rings is 1. The Hall–Kier alpha value is -1.40. The lowest BCUT2D eigenvalue weighted by molar-refractivity contribution is 0.0764. The van der Waals surface area contributed by atoms with Crippen LogP contribution in [0.15, 0.2) is 24.3 Å². The zero-order chi connectivity index (χ0) is 18.4. The molecule has 6 heteroatoms. The maximum absolute atomic E-state index is 12.7. The summed E-state index contributed by atoms with van der Waals surface area (Å²) >= 11 is 0. The van der Waals surface area contributed by atoms with Crippen LogP contribution in [0, 0.1) is 0 Å². The van der Waals surface area contributed by atoms with Gasteiger partial charge in [0.2, 0.25) is 10.0 Å². The van der Waals surface area contributed by atoms with Gasteiger partial charge in [-0.3, -0.25) is 4.79 Å². The first-order chi connectivity index (χ1) is 11.8. The first-order valence-electron chi connectivity index (χ1n) is 9.22. The third kappa shape index (κ3) is 5.28. The van der Waals surface area contributed by atoms with E-state index < -0.39 is 10.0 Å². The lowest BCUT2D eigenvalue weighted by atomic mass is 10.0. The Kier molecular flexibility index (Phi) is 7.02. The molecule has 0 aliphatic carbocycles. The smallest absolute Gasteiger partial charge is 0.253 e. The van der Waals surface area contributed by atoms with Crippen LogP contribution in [0.4, 0.5) is 0 Å². The maximum Gasteiger partial charge on any atom is 0.253 e. The topological polar surface area (TPSA) is 57.7 Å². The molecule has 1 aliphatic rings. The van der Waals surface area contributed by atoms with Gasteiger partial charge in [0.25, 0.3) is 5.91 Å². The van der Waals surface area contributed by atoms with Gasteiger partial charge in [-0.1, -0.05) is 39.3 Å². The Balaban J connectivity index is 2.01. The number of carbonyl (C=O) groups is 1. The van der Waals surface area contributed by atoms with Crippen molar-refractivity contribution in [1.82, 2.24) is 9.21 Å². The van der Waals surface area contributed by atoms with Crippen LogP contribution >= 0.6 is 0 Å². The predicted octanol–water partition coefficient (Wildman–Crippen LogP) is 3.09. The minimum Gasteiger partial charge on any atom is -0.337 e. The van der Waals surface area contributed by atoms with Crippen molar-refractivity contribution in [3.63, 3.8) is 0 Å². The van der Waals surface area contributed by atoms with Crippen LogP contribution in [0.25, 0.3) is 0 Å². The Morgan fingerprint density at radius 1 is 1.08 bits per heavy atom. The predicted molar refractivity (Wildman–Crippen MR) is 101 cm³/mol. The molecule has 0 radical (unpaired) electrons. The standard InChI is InChI=1S/C19H30N2O3S/c1-4-5-15-25(23,24)21-12-6-11-20(13-14-21)19(22)18-9-7-17(8-10-18)16(2)3/h7-10,16H,4-6,11-15H2,1-3H3. The van der Waals surface area contributed by atoms with E-state index >= 15 is 0 Å². The molecule has 0 atom stereocenters. The average Bonchev–Trinajstić information content (AvgIpc) is 2.86. The van der Waals surface area contributed by atoms with Crippen molar-refractivity contribution in [3.05, 3.63) is 35.4 Å². The van der Waals surface area contributed by atoms with Crippen LogP contribution in [0.5, 0.6) is 0 Å². The molecule has 140 valence electrons. The normalized spacial score (nSPS) is 16.9. The number of hydrogen-bond donors (Lipinski definition) is 0. The number of carbonyl (C=O) groups excluding carboxylic acids is 1. The van der Waals surface area contributed by atoms with E-state index in [0.29, 0.717) is 50.5 Å². The van der Waals surface area contributed by atoms with Gasteiger partial charge in [-0.25, -0.2) is 12.7 Å². The number of hydrogen-bond acceptors (Lipinski definition) is 3. The van der Waals surface area contributed by atoms with E-state index in [-0.39, 0.29) is 11.7 Å².